The van der Waals surface area contributed by atoms with Crippen LogP contribution in [0.25, 0.3) is 0 Å². The van der Waals surface area contributed by atoms with Crippen molar-refractivity contribution in [3.8, 4) is 0 Å². The van der Waals surface area contributed by atoms with Crippen molar-refractivity contribution in [1.29, 1.82) is 0 Å². The summed E-state index contributed by atoms with van der Waals surface area (Å²) in [6, 6.07) is 9.94. The van der Waals surface area contributed by atoms with Gasteiger partial charge in [0.15, 0.2) is 11.6 Å². The van der Waals surface area contributed by atoms with Gasteiger partial charge in [-0.05, 0) is 12.1 Å². The van der Waals surface area contributed by atoms with Crippen molar-refractivity contribution in [2.75, 3.05) is 10.4 Å². The molecule has 0 fully saturated rings. The van der Waals surface area contributed by atoms with Crippen LogP contribution >= 0.6 is 0 Å². The molecule has 0 saturated heterocycles. The fourth-order valence-electron chi connectivity index (χ4n) is 1.45. The number of rotatable bonds is 1. The van der Waals surface area contributed by atoms with Crippen molar-refractivity contribution in [2.24, 2.45) is 4.99 Å². The van der Waals surface area contributed by atoms with E-state index in [1.807, 2.05) is 35.3 Å². The Morgan fingerprint density at radius 3 is 2.87 bits per heavy atom. The Labute approximate surface area is 86.5 Å². The average Bonchev–Trinajstić information content (AvgIpc) is 2.77. The highest BCUT2D eigenvalue weighted by Gasteiger charge is 2.13. The summed E-state index contributed by atoms with van der Waals surface area (Å²) < 4.78 is 0. The molecule has 1 aromatic carbocycles. The van der Waals surface area contributed by atoms with E-state index < -0.39 is 0 Å². The maximum absolute atomic E-state index is 4.21. The molecule has 0 amide bonds. The number of hydrogen-bond acceptors (Lipinski definition) is 4. The van der Waals surface area contributed by atoms with Gasteiger partial charge in [-0.1, -0.05) is 18.2 Å². The van der Waals surface area contributed by atoms with Gasteiger partial charge in [-0.3, -0.25) is 5.43 Å². The fourth-order valence-corrected chi connectivity index (χ4v) is 1.45. The second-order valence-corrected chi connectivity index (χ2v) is 3.16. The van der Waals surface area contributed by atoms with E-state index in [9.17, 15) is 0 Å². The molecule has 1 aliphatic heterocycles. The molecule has 0 bridgehead atoms. The number of para-hydroxylation sites is 1. The molecule has 0 aliphatic carbocycles. The maximum Gasteiger partial charge on any atom is 0.198 e. The fraction of sp³-hybridized carbons (Fsp3) is 0. The molecule has 0 saturated carbocycles. The summed E-state index contributed by atoms with van der Waals surface area (Å²) in [5, 5.41) is 1.83. The molecule has 74 valence electrons. The highest BCUT2D eigenvalue weighted by Crippen LogP contribution is 2.25. The second-order valence-electron chi connectivity index (χ2n) is 3.16. The highest BCUT2D eigenvalue weighted by molar-refractivity contribution is 5.88. The number of benzene rings is 1. The van der Waals surface area contributed by atoms with Gasteiger partial charge in [-0.25, -0.2) is 15.0 Å². The lowest BCUT2D eigenvalue weighted by Gasteiger charge is -2.23. The van der Waals surface area contributed by atoms with Crippen LogP contribution in [0.4, 0.5) is 17.3 Å². The van der Waals surface area contributed by atoms with Gasteiger partial charge in [0, 0.05) is 0 Å². The molecule has 0 spiro atoms. The number of nitrogens with one attached hydrogen (secondary N) is 2. The van der Waals surface area contributed by atoms with E-state index in [0.717, 1.165) is 11.5 Å². The number of nitrogens with zero attached hydrogens (tertiary/aromatic N) is 3. The van der Waals surface area contributed by atoms with E-state index in [-0.39, 0.29) is 0 Å². The lowest BCUT2D eigenvalue weighted by Crippen LogP contribution is -2.30. The van der Waals surface area contributed by atoms with Crippen LogP contribution in [0, 0.1) is 0 Å². The number of imidazole rings is 1. The number of aliphatic imine (C=N–C) groups is 1. The van der Waals surface area contributed by atoms with E-state index in [0.29, 0.717) is 5.82 Å². The predicted octanol–water partition coefficient (Wildman–Crippen LogP) is 1.92. The normalized spacial score (nSPS) is 13.5. The minimum Gasteiger partial charge on any atom is -0.328 e. The highest BCUT2D eigenvalue weighted by atomic mass is 15.5. The third-order valence-electron chi connectivity index (χ3n) is 2.18. The minimum atomic E-state index is 0.683. The minimum absolute atomic E-state index is 0.683. The maximum atomic E-state index is 4.21. The Kier molecular flexibility index (Phi) is 1.68. The molecule has 5 nitrogen and oxygen atoms in total. The molecule has 0 unspecified atom stereocenters. The van der Waals surface area contributed by atoms with Gasteiger partial charge >= 0.3 is 0 Å². The molecule has 0 atom stereocenters. The van der Waals surface area contributed by atoms with Crippen molar-refractivity contribution >= 4 is 23.7 Å². The van der Waals surface area contributed by atoms with Gasteiger partial charge in [0.2, 0.25) is 0 Å². The van der Waals surface area contributed by atoms with Crippen LogP contribution in [-0.4, -0.2) is 16.3 Å². The molecule has 3 rings (SSSR count). The van der Waals surface area contributed by atoms with E-state index >= 15 is 0 Å². The standard InChI is InChI=1S/C10H9N5/c1-2-4-8(5-3-1)15-7-13-9-10(14-15)12-6-11-9/h1-7,14H,(H,11,12). The third kappa shape index (κ3) is 1.34. The van der Waals surface area contributed by atoms with Gasteiger partial charge < -0.3 is 4.98 Å². The third-order valence-corrected chi connectivity index (χ3v) is 2.18. The molecular weight excluding hydrogens is 190 g/mol. The molecule has 15 heavy (non-hydrogen) atoms. The van der Waals surface area contributed by atoms with E-state index in [2.05, 4.69) is 20.4 Å². The van der Waals surface area contributed by atoms with Crippen LogP contribution in [0.15, 0.2) is 41.7 Å². The number of fused-ring (bicyclic) bond motifs is 1. The molecule has 2 heterocycles. The van der Waals surface area contributed by atoms with Gasteiger partial charge in [-0.15, -0.1) is 0 Å². The van der Waals surface area contributed by atoms with Crippen LogP contribution < -0.4 is 10.4 Å². The summed E-state index contributed by atoms with van der Waals surface area (Å²) >= 11 is 0. The Bertz CT molecular complexity index is 488. The summed E-state index contributed by atoms with van der Waals surface area (Å²) in [6.07, 6.45) is 3.32. The van der Waals surface area contributed by atoms with Gasteiger partial charge in [0.25, 0.3) is 0 Å². The Hall–Kier alpha value is -2.30. The first-order valence-corrected chi connectivity index (χ1v) is 4.62. The second kappa shape index (κ2) is 3.13. The molecular formula is C10H9N5. The summed E-state index contributed by atoms with van der Waals surface area (Å²) in [4.78, 5) is 11.2. The Balaban J connectivity index is 1.94. The van der Waals surface area contributed by atoms with Crippen molar-refractivity contribution < 1.29 is 0 Å². The zero-order valence-electron chi connectivity index (χ0n) is 7.88. The van der Waals surface area contributed by atoms with Gasteiger partial charge in [0.05, 0.1) is 12.0 Å². The van der Waals surface area contributed by atoms with Crippen molar-refractivity contribution in [1.82, 2.24) is 9.97 Å². The number of hydrogen-bond donors (Lipinski definition) is 2. The summed E-state index contributed by atoms with van der Waals surface area (Å²) in [5.41, 5.74) is 4.19. The van der Waals surface area contributed by atoms with Crippen LogP contribution in [0.3, 0.4) is 0 Å². The largest absolute Gasteiger partial charge is 0.328 e. The van der Waals surface area contributed by atoms with Crippen LogP contribution in [0.1, 0.15) is 0 Å². The quantitative estimate of drug-likeness (QED) is 0.737. The van der Waals surface area contributed by atoms with E-state index in [1.165, 1.54) is 0 Å². The van der Waals surface area contributed by atoms with Gasteiger partial charge in [-0.2, -0.15) is 0 Å². The SMILES string of the molecule is C1=Nc2nc[nH]c2NN1c1ccccc1. The lowest BCUT2D eigenvalue weighted by atomic mass is 10.3. The zero-order valence-corrected chi connectivity index (χ0v) is 7.88. The van der Waals surface area contributed by atoms with Crippen molar-refractivity contribution in [2.45, 2.75) is 0 Å². The Morgan fingerprint density at radius 2 is 2.00 bits per heavy atom. The topological polar surface area (TPSA) is 56.3 Å². The number of hydrazine groups is 1. The van der Waals surface area contributed by atoms with Crippen LogP contribution in [-0.2, 0) is 0 Å². The van der Waals surface area contributed by atoms with Crippen molar-refractivity contribution in [3.05, 3.63) is 36.7 Å². The number of anilines is 2. The monoisotopic (exact) mass is 199 g/mol. The molecule has 0 radical (unpaired) electrons. The van der Waals surface area contributed by atoms with Crippen LogP contribution in [0.2, 0.25) is 0 Å². The van der Waals surface area contributed by atoms with Crippen LogP contribution in [0.5, 0.6) is 0 Å². The molecule has 5 heteroatoms. The Morgan fingerprint density at radius 1 is 1.13 bits per heavy atom. The molecule has 1 aliphatic rings. The number of aromatic amines is 1. The average molecular weight is 199 g/mol. The molecule has 2 N–H and O–H groups in total. The first kappa shape index (κ1) is 8.05. The van der Waals surface area contributed by atoms with E-state index in [4.69, 9.17) is 0 Å². The zero-order chi connectivity index (χ0) is 10.1. The smallest absolute Gasteiger partial charge is 0.198 e. The molecule has 1 aromatic heterocycles. The molecule has 2 aromatic rings. The first-order valence-electron chi connectivity index (χ1n) is 4.62. The lowest BCUT2D eigenvalue weighted by molar-refractivity contribution is 1.16. The van der Waals surface area contributed by atoms with E-state index in [1.54, 1.807) is 12.7 Å². The van der Waals surface area contributed by atoms with Crippen molar-refractivity contribution in [3.63, 3.8) is 0 Å². The summed E-state index contributed by atoms with van der Waals surface area (Å²) in [7, 11) is 0. The predicted molar refractivity (Wildman–Crippen MR) is 59.3 cm³/mol. The van der Waals surface area contributed by atoms with Gasteiger partial charge in [0.1, 0.15) is 6.34 Å². The number of H-pyrrole nitrogens is 1. The number of aromatic nitrogens is 2. The first-order chi connectivity index (χ1) is 7.43. The summed E-state index contributed by atoms with van der Waals surface area (Å²) in [6.45, 7) is 0. The summed E-state index contributed by atoms with van der Waals surface area (Å²) in [5.74, 6) is 1.49.